The predicted octanol–water partition coefficient (Wildman–Crippen LogP) is 0.484. The number of aliphatic hydroxyl groups is 1. The van der Waals surface area contributed by atoms with E-state index in [1.807, 2.05) is 0 Å². The first-order valence-corrected chi connectivity index (χ1v) is 5.53. The van der Waals surface area contributed by atoms with Crippen molar-refractivity contribution in [2.45, 2.75) is 12.5 Å². The largest absolute Gasteiger partial charge is 0.496 e. The summed E-state index contributed by atoms with van der Waals surface area (Å²) in [7, 11) is 1.50. The normalized spacial score (nSPS) is 19.4. The van der Waals surface area contributed by atoms with Gasteiger partial charge in [0.2, 0.25) is 0 Å². The number of likely N-dealkylation sites (tertiary alicyclic amines) is 1. The van der Waals surface area contributed by atoms with Crippen LogP contribution < -0.4 is 10.5 Å². The summed E-state index contributed by atoms with van der Waals surface area (Å²) in [4.78, 5) is 13.8. The van der Waals surface area contributed by atoms with Gasteiger partial charge in [-0.25, -0.2) is 0 Å². The lowest BCUT2D eigenvalue weighted by molar-refractivity contribution is 0.0762. The summed E-state index contributed by atoms with van der Waals surface area (Å²) < 4.78 is 5.14. The molecule has 0 aliphatic carbocycles. The van der Waals surface area contributed by atoms with Crippen molar-refractivity contribution in [2.75, 3.05) is 25.9 Å². The minimum Gasteiger partial charge on any atom is -0.496 e. The maximum absolute atomic E-state index is 12.2. The molecule has 0 bridgehead atoms. The van der Waals surface area contributed by atoms with E-state index in [-0.39, 0.29) is 5.91 Å². The van der Waals surface area contributed by atoms with Crippen molar-refractivity contribution in [1.82, 2.24) is 4.90 Å². The van der Waals surface area contributed by atoms with Crippen LogP contribution in [-0.2, 0) is 0 Å². The Bertz CT molecular complexity index is 434. The van der Waals surface area contributed by atoms with Gasteiger partial charge < -0.3 is 20.5 Å². The van der Waals surface area contributed by atoms with Crippen LogP contribution in [0, 0.1) is 0 Å². The van der Waals surface area contributed by atoms with Crippen LogP contribution in [0.3, 0.4) is 0 Å². The molecule has 0 saturated carbocycles. The fourth-order valence-electron chi connectivity index (χ4n) is 2.03. The molecule has 1 aromatic carbocycles. The highest BCUT2D eigenvalue weighted by molar-refractivity contribution is 6.02. The number of ether oxygens (including phenoxy) is 1. The van der Waals surface area contributed by atoms with Crippen molar-refractivity contribution < 1.29 is 14.6 Å². The SMILES string of the molecule is COc1cccc(N)c1C(=O)N1CC[C@@H](O)C1. The number of aliphatic hydroxyl groups excluding tert-OH is 1. The minimum absolute atomic E-state index is 0.184. The zero-order valence-corrected chi connectivity index (χ0v) is 9.72. The number of anilines is 1. The zero-order chi connectivity index (χ0) is 12.4. The van der Waals surface area contributed by atoms with Gasteiger partial charge >= 0.3 is 0 Å². The van der Waals surface area contributed by atoms with Gasteiger partial charge in [-0.05, 0) is 18.6 Å². The molecular weight excluding hydrogens is 220 g/mol. The second-order valence-electron chi connectivity index (χ2n) is 4.12. The van der Waals surface area contributed by atoms with Crippen LogP contribution in [0.1, 0.15) is 16.8 Å². The topological polar surface area (TPSA) is 75.8 Å². The van der Waals surface area contributed by atoms with Gasteiger partial charge in [-0.3, -0.25) is 4.79 Å². The van der Waals surface area contributed by atoms with Crippen LogP contribution in [0.2, 0.25) is 0 Å². The Labute approximate surface area is 99.8 Å². The number of carbonyl (C=O) groups is 1. The number of nitrogens with zero attached hydrogens (tertiary/aromatic N) is 1. The molecule has 2 rings (SSSR count). The van der Waals surface area contributed by atoms with Crippen molar-refractivity contribution in [1.29, 1.82) is 0 Å². The average molecular weight is 236 g/mol. The van der Waals surface area contributed by atoms with Crippen molar-refractivity contribution in [3.8, 4) is 5.75 Å². The smallest absolute Gasteiger partial charge is 0.259 e. The predicted molar refractivity (Wildman–Crippen MR) is 63.9 cm³/mol. The first-order valence-electron chi connectivity index (χ1n) is 5.53. The molecule has 3 N–H and O–H groups in total. The third-order valence-corrected chi connectivity index (χ3v) is 2.94. The van der Waals surface area contributed by atoms with Crippen molar-refractivity contribution in [2.24, 2.45) is 0 Å². The Morgan fingerprint density at radius 2 is 2.35 bits per heavy atom. The standard InChI is InChI=1S/C12H16N2O3/c1-17-10-4-2-3-9(13)11(10)12(16)14-6-5-8(15)7-14/h2-4,8,15H,5-7,13H2,1H3/t8-/m1/s1. The van der Waals surface area contributed by atoms with Gasteiger partial charge in [-0.1, -0.05) is 6.07 Å². The van der Waals surface area contributed by atoms with Crippen molar-refractivity contribution >= 4 is 11.6 Å². The molecule has 17 heavy (non-hydrogen) atoms. The second kappa shape index (κ2) is 4.63. The fourth-order valence-corrected chi connectivity index (χ4v) is 2.03. The quantitative estimate of drug-likeness (QED) is 0.732. The minimum atomic E-state index is -0.435. The number of nitrogen functional groups attached to an aromatic ring is 1. The van der Waals surface area contributed by atoms with E-state index in [1.54, 1.807) is 23.1 Å². The van der Waals surface area contributed by atoms with Gasteiger partial charge in [-0.2, -0.15) is 0 Å². The van der Waals surface area contributed by atoms with E-state index < -0.39 is 6.10 Å². The number of β-amino-alcohol motifs (C(OH)–C–C–N with tert-alkyl or cyclic N) is 1. The third-order valence-electron chi connectivity index (χ3n) is 2.94. The maximum atomic E-state index is 12.2. The number of rotatable bonds is 2. The zero-order valence-electron chi connectivity index (χ0n) is 9.72. The Balaban J connectivity index is 2.30. The molecule has 0 unspecified atom stereocenters. The number of hydrogen-bond acceptors (Lipinski definition) is 4. The Morgan fingerprint density at radius 3 is 2.94 bits per heavy atom. The number of hydrogen-bond donors (Lipinski definition) is 2. The highest BCUT2D eigenvalue weighted by Gasteiger charge is 2.28. The molecule has 1 saturated heterocycles. The molecule has 1 aliphatic heterocycles. The molecule has 1 aromatic rings. The number of nitrogens with two attached hydrogens (primary N) is 1. The first kappa shape index (κ1) is 11.7. The van der Waals surface area contributed by atoms with Crippen LogP contribution >= 0.6 is 0 Å². The molecule has 0 radical (unpaired) electrons. The van der Waals surface area contributed by atoms with E-state index in [4.69, 9.17) is 10.5 Å². The van der Waals surface area contributed by atoms with Gasteiger partial charge in [0.25, 0.3) is 5.91 Å². The maximum Gasteiger partial charge on any atom is 0.259 e. The van der Waals surface area contributed by atoms with Gasteiger partial charge in [0.15, 0.2) is 0 Å². The van der Waals surface area contributed by atoms with Crippen LogP contribution in [0.15, 0.2) is 18.2 Å². The summed E-state index contributed by atoms with van der Waals surface area (Å²) in [6, 6.07) is 5.11. The van der Waals surface area contributed by atoms with E-state index in [0.29, 0.717) is 36.5 Å². The molecule has 1 atom stereocenters. The Hall–Kier alpha value is -1.75. The summed E-state index contributed by atoms with van der Waals surface area (Å²) in [5, 5.41) is 9.43. The number of benzene rings is 1. The number of amides is 1. The first-order chi connectivity index (χ1) is 8.13. The van der Waals surface area contributed by atoms with Crippen LogP contribution in [0.5, 0.6) is 5.75 Å². The van der Waals surface area contributed by atoms with Gasteiger partial charge in [0.1, 0.15) is 11.3 Å². The van der Waals surface area contributed by atoms with Gasteiger partial charge in [-0.15, -0.1) is 0 Å². The fraction of sp³-hybridized carbons (Fsp3) is 0.417. The van der Waals surface area contributed by atoms with E-state index in [9.17, 15) is 9.90 Å². The lowest BCUT2D eigenvalue weighted by atomic mass is 10.1. The molecule has 5 heteroatoms. The summed E-state index contributed by atoms with van der Waals surface area (Å²) in [5.74, 6) is 0.285. The van der Waals surface area contributed by atoms with Crippen molar-refractivity contribution in [3.05, 3.63) is 23.8 Å². The number of carbonyl (C=O) groups excluding carboxylic acids is 1. The molecule has 1 fully saturated rings. The average Bonchev–Trinajstić information content (AvgIpc) is 2.74. The highest BCUT2D eigenvalue weighted by Crippen LogP contribution is 2.27. The van der Waals surface area contributed by atoms with E-state index in [2.05, 4.69) is 0 Å². The molecule has 5 nitrogen and oxygen atoms in total. The van der Waals surface area contributed by atoms with E-state index in [0.717, 1.165) is 0 Å². The molecule has 1 amide bonds. The van der Waals surface area contributed by atoms with Crippen LogP contribution in [0.25, 0.3) is 0 Å². The Morgan fingerprint density at radius 1 is 1.59 bits per heavy atom. The van der Waals surface area contributed by atoms with Crippen molar-refractivity contribution in [3.63, 3.8) is 0 Å². The number of methoxy groups -OCH3 is 1. The molecule has 1 heterocycles. The lowest BCUT2D eigenvalue weighted by Crippen LogP contribution is -2.30. The summed E-state index contributed by atoms with van der Waals surface area (Å²) in [6.07, 6.45) is 0.177. The van der Waals surface area contributed by atoms with Gasteiger partial charge in [0.05, 0.1) is 13.2 Å². The highest BCUT2D eigenvalue weighted by atomic mass is 16.5. The monoisotopic (exact) mass is 236 g/mol. The molecule has 92 valence electrons. The second-order valence-corrected chi connectivity index (χ2v) is 4.12. The van der Waals surface area contributed by atoms with Gasteiger partial charge in [0, 0.05) is 18.8 Å². The Kier molecular flexibility index (Phi) is 3.19. The summed E-state index contributed by atoms with van der Waals surface area (Å²) >= 11 is 0. The third kappa shape index (κ3) is 2.19. The summed E-state index contributed by atoms with van der Waals surface area (Å²) in [6.45, 7) is 0.911. The molecule has 0 spiro atoms. The molecule has 1 aliphatic rings. The van der Waals surface area contributed by atoms with E-state index in [1.165, 1.54) is 7.11 Å². The van der Waals surface area contributed by atoms with Crippen LogP contribution in [-0.4, -0.2) is 42.2 Å². The lowest BCUT2D eigenvalue weighted by Gasteiger charge is -2.18. The van der Waals surface area contributed by atoms with Crippen LogP contribution in [0.4, 0.5) is 5.69 Å². The molecule has 0 aromatic heterocycles. The summed E-state index contributed by atoms with van der Waals surface area (Å²) in [5.41, 5.74) is 6.59. The molecular formula is C12H16N2O3. The van der Waals surface area contributed by atoms with E-state index >= 15 is 0 Å².